The summed E-state index contributed by atoms with van der Waals surface area (Å²) >= 11 is 0. The fourth-order valence-electron chi connectivity index (χ4n) is 3.34. The van der Waals surface area contributed by atoms with Gasteiger partial charge < -0.3 is 4.43 Å². The van der Waals surface area contributed by atoms with Gasteiger partial charge in [0.1, 0.15) is 0 Å². The molecular formula is C22H24OSi. The van der Waals surface area contributed by atoms with Crippen molar-refractivity contribution in [2.45, 2.75) is 26.9 Å². The van der Waals surface area contributed by atoms with Gasteiger partial charge in [0.2, 0.25) is 0 Å². The van der Waals surface area contributed by atoms with E-state index in [9.17, 15) is 0 Å². The van der Waals surface area contributed by atoms with Crippen LogP contribution >= 0.6 is 0 Å². The van der Waals surface area contributed by atoms with E-state index in [-0.39, 0.29) is 6.10 Å². The van der Waals surface area contributed by atoms with E-state index in [0.29, 0.717) is 0 Å². The summed E-state index contributed by atoms with van der Waals surface area (Å²) in [7, 11) is -2.53. The van der Waals surface area contributed by atoms with Gasteiger partial charge in [0.15, 0.2) is 0 Å². The Labute approximate surface area is 146 Å². The number of benzene rings is 3. The SMILES string of the molecule is Cc1ccccc1[Si](OC(C)C)(c1ccccc1)c1ccccc1. The largest absolute Gasteiger partial charge is 0.402 e. The van der Waals surface area contributed by atoms with E-state index in [0.717, 1.165) is 0 Å². The molecule has 0 atom stereocenters. The fraction of sp³-hybridized carbons (Fsp3) is 0.182. The number of rotatable bonds is 5. The van der Waals surface area contributed by atoms with Crippen molar-refractivity contribution in [2.75, 3.05) is 0 Å². The van der Waals surface area contributed by atoms with E-state index in [1.54, 1.807) is 0 Å². The summed E-state index contributed by atoms with van der Waals surface area (Å²) in [5.74, 6) is 0. The van der Waals surface area contributed by atoms with Crippen LogP contribution in [0.15, 0.2) is 84.9 Å². The maximum Gasteiger partial charge on any atom is 0.288 e. The molecule has 0 saturated carbocycles. The van der Waals surface area contributed by atoms with Gasteiger partial charge in [0.05, 0.1) is 0 Å². The van der Waals surface area contributed by atoms with Gasteiger partial charge in [0.25, 0.3) is 8.32 Å². The average molecular weight is 333 g/mol. The highest BCUT2D eigenvalue weighted by molar-refractivity contribution is 7.07. The van der Waals surface area contributed by atoms with Crippen molar-refractivity contribution in [2.24, 2.45) is 0 Å². The molecule has 0 N–H and O–H groups in total. The molecule has 24 heavy (non-hydrogen) atoms. The normalized spacial score (nSPS) is 11.7. The van der Waals surface area contributed by atoms with Crippen LogP contribution < -0.4 is 15.6 Å². The fourth-order valence-corrected chi connectivity index (χ4v) is 7.70. The van der Waals surface area contributed by atoms with Crippen LogP contribution in [0.1, 0.15) is 19.4 Å². The van der Waals surface area contributed by atoms with Crippen LogP contribution in [0.2, 0.25) is 0 Å². The Kier molecular flexibility index (Phi) is 4.98. The van der Waals surface area contributed by atoms with Crippen LogP contribution in [-0.2, 0) is 4.43 Å². The van der Waals surface area contributed by atoms with Gasteiger partial charge >= 0.3 is 0 Å². The first-order valence-electron chi connectivity index (χ1n) is 8.49. The lowest BCUT2D eigenvalue weighted by Gasteiger charge is -2.35. The summed E-state index contributed by atoms with van der Waals surface area (Å²) < 4.78 is 6.82. The van der Waals surface area contributed by atoms with Crippen molar-refractivity contribution in [3.8, 4) is 0 Å². The summed E-state index contributed by atoms with van der Waals surface area (Å²) in [6.07, 6.45) is 0.150. The summed E-state index contributed by atoms with van der Waals surface area (Å²) in [4.78, 5) is 0. The number of aryl methyl sites for hydroxylation is 1. The maximum absolute atomic E-state index is 6.82. The molecule has 3 rings (SSSR count). The second-order valence-corrected chi connectivity index (χ2v) is 9.69. The molecule has 1 nitrogen and oxygen atoms in total. The first-order valence-corrected chi connectivity index (χ1v) is 10.4. The highest BCUT2D eigenvalue weighted by atomic mass is 28.4. The van der Waals surface area contributed by atoms with Crippen molar-refractivity contribution < 1.29 is 4.43 Å². The van der Waals surface area contributed by atoms with Gasteiger partial charge in [-0.2, -0.15) is 0 Å². The Hall–Kier alpha value is -2.16. The minimum atomic E-state index is -2.53. The third-order valence-electron chi connectivity index (χ3n) is 4.30. The van der Waals surface area contributed by atoms with Gasteiger partial charge in [-0.1, -0.05) is 84.9 Å². The molecule has 0 amide bonds. The minimum absolute atomic E-state index is 0.150. The monoisotopic (exact) mass is 332 g/mol. The lowest BCUT2D eigenvalue weighted by molar-refractivity contribution is 0.245. The summed E-state index contributed by atoms with van der Waals surface area (Å²) in [6.45, 7) is 6.45. The Morgan fingerprint density at radius 3 is 1.58 bits per heavy atom. The molecule has 122 valence electrons. The Morgan fingerprint density at radius 2 is 1.12 bits per heavy atom. The maximum atomic E-state index is 6.82. The molecule has 3 aromatic carbocycles. The molecule has 0 unspecified atom stereocenters. The molecule has 0 bridgehead atoms. The minimum Gasteiger partial charge on any atom is -0.402 e. The van der Waals surface area contributed by atoms with Gasteiger partial charge in [0, 0.05) is 6.10 Å². The van der Waals surface area contributed by atoms with E-state index in [2.05, 4.69) is 106 Å². The molecular weight excluding hydrogens is 308 g/mol. The molecule has 0 aliphatic heterocycles. The van der Waals surface area contributed by atoms with Crippen molar-refractivity contribution in [1.29, 1.82) is 0 Å². The Bertz CT molecular complexity index is 742. The lowest BCUT2D eigenvalue weighted by atomic mass is 10.2. The Morgan fingerprint density at radius 1 is 0.667 bits per heavy atom. The molecule has 0 aliphatic rings. The number of hydrogen-bond acceptors (Lipinski definition) is 1. The van der Waals surface area contributed by atoms with E-state index in [1.807, 2.05) is 0 Å². The van der Waals surface area contributed by atoms with Gasteiger partial charge in [-0.25, -0.2) is 0 Å². The molecule has 0 aliphatic carbocycles. The predicted molar refractivity (Wildman–Crippen MR) is 105 cm³/mol. The van der Waals surface area contributed by atoms with E-state index >= 15 is 0 Å². The van der Waals surface area contributed by atoms with Crippen molar-refractivity contribution >= 4 is 23.9 Å². The zero-order chi connectivity index (χ0) is 17.0. The molecule has 0 aromatic heterocycles. The third kappa shape index (κ3) is 3.08. The summed E-state index contributed by atoms with van der Waals surface area (Å²) in [5.41, 5.74) is 1.29. The van der Waals surface area contributed by atoms with Crippen LogP contribution in [0.3, 0.4) is 0 Å². The van der Waals surface area contributed by atoms with Crippen molar-refractivity contribution in [3.05, 3.63) is 90.5 Å². The first kappa shape index (κ1) is 16.7. The van der Waals surface area contributed by atoms with Crippen LogP contribution in [0, 0.1) is 6.92 Å². The van der Waals surface area contributed by atoms with Gasteiger partial charge in [-0.3, -0.25) is 0 Å². The third-order valence-corrected chi connectivity index (χ3v) is 8.73. The number of hydrogen-bond donors (Lipinski definition) is 0. The standard InChI is InChI=1S/C22H24OSi/c1-18(2)23-24(20-13-6-4-7-14-20,21-15-8-5-9-16-21)22-17-11-10-12-19(22)3/h4-18H,1-3H3. The molecule has 0 heterocycles. The highest BCUT2D eigenvalue weighted by Crippen LogP contribution is 2.14. The average Bonchev–Trinajstić information content (AvgIpc) is 2.62. The van der Waals surface area contributed by atoms with Crippen LogP contribution in [0.5, 0.6) is 0 Å². The van der Waals surface area contributed by atoms with E-state index in [1.165, 1.54) is 21.1 Å². The molecule has 3 aromatic rings. The summed E-state index contributed by atoms with van der Waals surface area (Å²) in [6, 6.07) is 30.1. The van der Waals surface area contributed by atoms with Gasteiger partial charge in [-0.15, -0.1) is 0 Å². The van der Waals surface area contributed by atoms with Gasteiger partial charge in [-0.05, 0) is 41.9 Å². The second kappa shape index (κ2) is 7.16. The van der Waals surface area contributed by atoms with Crippen LogP contribution in [0.25, 0.3) is 0 Å². The molecule has 0 saturated heterocycles. The molecule has 0 radical (unpaired) electrons. The quantitative estimate of drug-likeness (QED) is 0.514. The van der Waals surface area contributed by atoms with E-state index in [4.69, 9.17) is 4.43 Å². The molecule has 2 heteroatoms. The molecule has 0 fully saturated rings. The lowest BCUT2D eigenvalue weighted by Crippen LogP contribution is -2.70. The second-order valence-electron chi connectivity index (χ2n) is 6.39. The van der Waals surface area contributed by atoms with Crippen molar-refractivity contribution in [1.82, 2.24) is 0 Å². The Balaban J connectivity index is 2.35. The van der Waals surface area contributed by atoms with Crippen LogP contribution in [-0.4, -0.2) is 14.4 Å². The zero-order valence-electron chi connectivity index (χ0n) is 14.6. The highest BCUT2D eigenvalue weighted by Gasteiger charge is 2.43. The zero-order valence-corrected chi connectivity index (χ0v) is 15.6. The topological polar surface area (TPSA) is 9.23 Å². The smallest absolute Gasteiger partial charge is 0.288 e. The van der Waals surface area contributed by atoms with E-state index < -0.39 is 8.32 Å². The molecule has 0 spiro atoms. The predicted octanol–water partition coefficient (Wildman–Crippen LogP) is 3.39. The van der Waals surface area contributed by atoms with Crippen LogP contribution in [0.4, 0.5) is 0 Å². The van der Waals surface area contributed by atoms with Crippen molar-refractivity contribution in [3.63, 3.8) is 0 Å². The first-order chi connectivity index (χ1) is 11.6. The summed E-state index contributed by atoms with van der Waals surface area (Å²) in [5, 5.41) is 3.91.